The van der Waals surface area contributed by atoms with Crippen LogP contribution in [0, 0.1) is 6.92 Å². The molecule has 0 atom stereocenters. The standard InChI is InChI=1S/C11H13ClN2/c1-3-8-6(2)10-9(14-8)5-4-7(13)11(10)12/h4-5,14H,3,13H2,1-2H3. The maximum atomic E-state index is 6.16. The second-order valence-electron chi connectivity index (χ2n) is 3.47. The van der Waals surface area contributed by atoms with Gasteiger partial charge in [-0.25, -0.2) is 0 Å². The fourth-order valence-electron chi connectivity index (χ4n) is 1.82. The second kappa shape index (κ2) is 3.21. The zero-order chi connectivity index (χ0) is 10.3. The minimum atomic E-state index is 0.643. The lowest BCUT2D eigenvalue weighted by Gasteiger charge is -1.99. The van der Waals surface area contributed by atoms with Crippen LogP contribution in [0.3, 0.4) is 0 Å². The average Bonchev–Trinajstić information content (AvgIpc) is 2.50. The summed E-state index contributed by atoms with van der Waals surface area (Å²) in [4.78, 5) is 3.34. The molecule has 0 unspecified atom stereocenters. The number of fused-ring (bicyclic) bond motifs is 1. The number of aromatic amines is 1. The molecule has 2 nitrogen and oxygen atoms in total. The minimum absolute atomic E-state index is 0.643. The third-order valence-corrected chi connectivity index (χ3v) is 3.05. The number of hydrogen-bond donors (Lipinski definition) is 2. The van der Waals surface area contributed by atoms with Gasteiger partial charge in [0.1, 0.15) is 0 Å². The molecule has 0 aliphatic heterocycles. The summed E-state index contributed by atoms with van der Waals surface area (Å²) in [6, 6.07) is 3.81. The van der Waals surface area contributed by atoms with E-state index in [0.717, 1.165) is 17.3 Å². The lowest BCUT2D eigenvalue weighted by Crippen LogP contribution is -1.86. The number of benzene rings is 1. The molecule has 0 amide bonds. The SMILES string of the molecule is CCc1[nH]c2ccc(N)c(Cl)c2c1C. The van der Waals surface area contributed by atoms with Crippen LogP contribution >= 0.6 is 11.6 Å². The van der Waals surface area contributed by atoms with E-state index in [1.165, 1.54) is 11.3 Å². The van der Waals surface area contributed by atoms with Crippen molar-refractivity contribution in [3.8, 4) is 0 Å². The molecule has 74 valence electrons. The molecule has 3 heteroatoms. The van der Waals surface area contributed by atoms with Gasteiger partial charge in [0.2, 0.25) is 0 Å². The third kappa shape index (κ3) is 1.18. The number of halogens is 1. The van der Waals surface area contributed by atoms with Crippen molar-refractivity contribution >= 4 is 28.2 Å². The van der Waals surface area contributed by atoms with Gasteiger partial charge in [0.15, 0.2) is 0 Å². The van der Waals surface area contributed by atoms with E-state index in [1.54, 1.807) is 0 Å². The Balaban J connectivity index is 2.87. The molecule has 2 rings (SSSR count). The van der Waals surface area contributed by atoms with Gasteiger partial charge in [-0.05, 0) is 31.0 Å². The van der Waals surface area contributed by atoms with Crippen LogP contribution in [0.4, 0.5) is 5.69 Å². The number of aromatic nitrogens is 1. The van der Waals surface area contributed by atoms with E-state index in [-0.39, 0.29) is 0 Å². The molecule has 1 heterocycles. The Bertz CT molecular complexity index is 485. The summed E-state index contributed by atoms with van der Waals surface area (Å²) in [5.74, 6) is 0. The Morgan fingerprint density at radius 2 is 2.14 bits per heavy atom. The van der Waals surface area contributed by atoms with Crippen molar-refractivity contribution in [1.29, 1.82) is 0 Å². The van der Waals surface area contributed by atoms with Crippen LogP contribution in [0.15, 0.2) is 12.1 Å². The maximum absolute atomic E-state index is 6.16. The number of rotatable bonds is 1. The molecule has 2 aromatic rings. The molecule has 0 fully saturated rings. The van der Waals surface area contributed by atoms with Gasteiger partial charge in [-0.2, -0.15) is 0 Å². The molecule has 1 aromatic heterocycles. The highest BCUT2D eigenvalue weighted by atomic mass is 35.5. The van der Waals surface area contributed by atoms with E-state index in [9.17, 15) is 0 Å². The zero-order valence-corrected chi connectivity index (χ0v) is 9.07. The van der Waals surface area contributed by atoms with E-state index >= 15 is 0 Å². The number of nitrogen functional groups attached to an aromatic ring is 1. The fraction of sp³-hybridized carbons (Fsp3) is 0.273. The summed E-state index contributed by atoms with van der Waals surface area (Å²) in [5.41, 5.74) is 9.91. The van der Waals surface area contributed by atoms with Crippen LogP contribution in [-0.2, 0) is 6.42 Å². The number of aryl methyl sites for hydroxylation is 2. The molecule has 3 N–H and O–H groups in total. The monoisotopic (exact) mass is 208 g/mol. The molecule has 14 heavy (non-hydrogen) atoms. The van der Waals surface area contributed by atoms with Gasteiger partial charge >= 0.3 is 0 Å². The number of H-pyrrole nitrogens is 1. The largest absolute Gasteiger partial charge is 0.398 e. The first-order chi connectivity index (χ1) is 6.65. The van der Waals surface area contributed by atoms with Gasteiger partial charge in [-0.1, -0.05) is 18.5 Å². The van der Waals surface area contributed by atoms with E-state index in [4.69, 9.17) is 17.3 Å². The summed E-state index contributed by atoms with van der Waals surface area (Å²) in [6.45, 7) is 4.19. The first kappa shape index (κ1) is 9.41. The van der Waals surface area contributed by atoms with E-state index in [1.807, 2.05) is 12.1 Å². The Kier molecular flexibility index (Phi) is 2.16. The summed E-state index contributed by atoms with van der Waals surface area (Å²) < 4.78 is 0. The van der Waals surface area contributed by atoms with Crippen molar-refractivity contribution in [2.75, 3.05) is 5.73 Å². The lowest BCUT2D eigenvalue weighted by atomic mass is 10.1. The van der Waals surface area contributed by atoms with Crippen molar-refractivity contribution in [1.82, 2.24) is 4.98 Å². The van der Waals surface area contributed by atoms with Crippen LogP contribution in [0.1, 0.15) is 18.2 Å². The third-order valence-electron chi connectivity index (χ3n) is 2.64. The Labute approximate surface area is 88.1 Å². The van der Waals surface area contributed by atoms with Crippen molar-refractivity contribution in [3.05, 3.63) is 28.4 Å². The van der Waals surface area contributed by atoms with Crippen LogP contribution in [0.25, 0.3) is 10.9 Å². The summed E-state index contributed by atoms with van der Waals surface area (Å²) in [7, 11) is 0. The predicted molar refractivity (Wildman–Crippen MR) is 61.8 cm³/mol. The number of nitrogens with one attached hydrogen (secondary N) is 1. The summed E-state index contributed by atoms with van der Waals surface area (Å²) in [6.07, 6.45) is 0.983. The van der Waals surface area contributed by atoms with Crippen molar-refractivity contribution in [3.63, 3.8) is 0 Å². The molecular formula is C11H13ClN2. The quantitative estimate of drug-likeness (QED) is 0.694. The predicted octanol–water partition coefficient (Wildman–Crippen LogP) is 3.27. The molecule has 0 spiro atoms. The first-order valence-electron chi connectivity index (χ1n) is 4.70. The van der Waals surface area contributed by atoms with Gasteiger partial charge in [0, 0.05) is 16.6 Å². The Hall–Kier alpha value is -1.15. The molecule has 0 aliphatic rings. The van der Waals surface area contributed by atoms with Crippen molar-refractivity contribution < 1.29 is 0 Å². The van der Waals surface area contributed by atoms with Crippen molar-refractivity contribution in [2.45, 2.75) is 20.3 Å². The van der Waals surface area contributed by atoms with Crippen LogP contribution in [0.2, 0.25) is 5.02 Å². The highest BCUT2D eigenvalue weighted by Crippen LogP contribution is 2.33. The van der Waals surface area contributed by atoms with Gasteiger partial charge in [0.25, 0.3) is 0 Å². The van der Waals surface area contributed by atoms with Crippen molar-refractivity contribution in [2.24, 2.45) is 0 Å². The molecule has 1 aromatic carbocycles. The van der Waals surface area contributed by atoms with Gasteiger partial charge < -0.3 is 10.7 Å². The summed E-state index contributed by atoms with van der Waals surface area (Å²) >= 11 is 6.16. The highest BCUT2D eigenvalue weighted by molar-refractivity contribution is 6.38. The van der Waals surface area contributed by atoms with E-state index in [2.05, 4.69) is 18.8 Å². The summed E-state index contributed by atoms with van der Waals surface area (Å²) in [5, 5.41) is 1.72. The second-order valence-corrected chi connectivity index (χ2v) is 3.85. The zero-order valence-electron chi connectivity index (χ0n) is 8.32. The van der Waals surface area contributed by atoms with Crippen LogP contribution < -0.4 is 5.73 Å². The Morgan fingerprint density at radius 1 is 1.43 bits per heavy atom. The highest BCUT2D eigenvalue weighted by Gasteiger charge is 2.10. The molecule has 0 saturated carbocycles. The smallest absolute Gasteiger partial charge is 0.0731 e. The molecular weight excluding hydrogens is 196 g/mol. The van der Waals surface area contributed by atoms with Gasteiger partial charge in [0.05, 0.1) is 10.7 Å². The van der Waals surface area contributed by atoms with E-state index < -0.39 is 0 Å². The van der Waals surface area contributed by atoms with Crippen LogP contribution in [0.5, 0.6) is 0 Å². The fourth-order valence-corrected chi connectivity index (χ4v) is 2.13. The van der Waals surface area contributed by atoms with E-state index in [0.29, 0.717) is 10.7 Å². The van der Waals surface area contributed by atoms with Gasteiger partial charge in [-0.15, -0.1) is 0 Å². The van der Waals surface area contributed by atoms with Crippen LogP contribution in [-0.4, -0.2) is 4.98 Å². The number of nitrogens with two attached hydrogens (primary N) is 1. The maximum Gasteiger partial charge on any atom is 0.0731 e. The normalized spacial score (nSPS) is 11.1. The molecule has 0 radical (unpaired) electrons. The lowest BCUT2D eigenvalue weighted by molar-refractivity contribution is 1.05. The Morgan fingerprint density at radius 3 is 2.79 bits per heavy atom. The average molecular weight is 209 g/mol. The minimum Gasteiger partial charge on any atom is -0.398 e. The topological polar surface area (TPSA) is 41.8 Å². The number of hydrogen-bond acceptors (Lipinski definition) is 1. The van der Waals surface area contributed by atoms with Gasteiger partial charge in [-0.3, -0.25) is 0 Å². The first-order valence-corrected chi connectivity index (χ1v) is 5.08. The number of anilines is 1. The molecule has 0 saturated heterocycles. The molecule has 0 bridgehead atoms. The molecule has 0 aliphatic carbocycles.